The van der Waals surface area contributed by atoms with Gasteiger partial charge in [0, 0.05) is 44.9 Å². The molecular formula is C42H43F2N11O7. The molecule has 1 aliphatic carbocycles. The molecule has 1 saturated carbocycles. The van der Waals surface area contributed by atoms with Crippen LogP contribution in [0.4, 0.5) is 25.1 Å². The molecule has 4 amide bonds. The van der Waals surface area contributed by atoms with E-state index >= 15 is 0 Å². The summed E-state index contributed by atoms with van der Waals surface area (Å²) in [5, 5.41) is 18.1. The molecule has 2 aromatic carbocycles. The number of hydrogen-bond donors (Lipinski definition) is 5. The average Bonchev–Trinajstić information content (AvgIpc) is 3.68. The number of rotatable bonds is 17. The van der Waals surface area contributed by atoms with Crippen molar-refractivity contribution in [1.29, 1.82) is 0 Å². The van der Waals surface area contributed by atoms with Crippen LogP contribution in [0.15, 0.2) is 82.5 Å². The summed E-state index contributed by atoms with van der Waals surface area (Å²) in [7, 11) is 1.60. The minimum atomic E-state index is -2.96. The van der Waals surface area contributed by atoms with Crippen LogP contribution in [0, 0.1) is 5.92 Å². The maximum atomic E-state index is 14.0. The van der Waals surface area contributed by atoms with Crippen molar-refractivity contribution in [2.45, 2.75) is 57.7 Å². The zero-order valence-corrected chi connectivity index (χ0v) is 33.5. The van der Waals surface area contributed by atoms with E-state index in [0.717, 1.165) is 23.9 Å². The van der Waals surface area contributed by atoms with Crippen molar-refractivity contribution in [3.63, 3.8) is 0 Å². The summed E-state index contributed by atoms with van der Waals surface area (Å²) in [5.41, 5.74) is 2.62. The number of benzene rings is 2. The Balaban J connectivity index is 0.772. The number of ether oxygens (including phenoxy) is 1. The Labute approximate surface area is 352 Å². The van der Waals surface area contributed by atoms with Crippen LogP contribution in [0.25, 0.3) is 28.2 Å². The summed E-state index contributed by atoms with van der Waals surface area (Å²) in [6.45, 7) is 2.16. The summed E-state index contributed by atoms with van der Waals surface area (Å²) in [6, 6.07) is 15.0. The van der Waals surface area contributed by atoms with Gasteiger partial charge in [-0.2, -0.15) is 5.10 Å². The maximum Gasteiger partial charge on any atom is 0.407 e. The quantitative estimate of drug-likeness (QED) is 0.0607. The van der Waals surface area contributed by atoms with E-state index in [0.29, 0.717) is 53.5 Å². The second-order valence-electron chi connectivity index (χ2n) is 15.1. The Morgan fingerprint density at radius 2 is 1.81 bits per heavy atom. The first-order valence-electron chi connectivity index (χ1n) is 20.1. The molecule has 1 saturated heterocycles. The first-order valence-corrected chi connectivity index (χ1v) is 20.1. The largest absolute Gasteiger partial charge is 0.450 e. The van der Waals surface area contributed by atoms with Gasteiger partial charge < -0.3 is 30.4 Å². The fourth-order valence-electron chi connectivity index (χ4n) is 7.04. The molecule has 8 rings (SSSR count). The lowest BCUT2D eigenvalue weighted by atomic mass is 10.1. The normalized spacial score (nSPS) is 15.2. The van der Waals surface area contributed by atoms with E-state index in [9.17, 15) is 32.8 Å². The molecule has 0 spiro atoms. The minimum absolute atomic E-state index is 0.0904. The second kappa shape index (κ2) is 18.2. The second-order valence-corrected chi connectivity index (χ2v) is 15.1. The third-order valence-electron chi connectivity index (χ3n) is 10.6. The molecular weight excluding hydrogens is 809 g/mol. The van der Waals surface area contributed by atoms with Crippen LogP contribution in [0.2, 0.25) is 0 Å². The molecule has 20 heteroatoms. The van der Waals surface area contributed by atoms with Gasteiger partial charge in [0.25, 0.3) is 12.3 Å². The molecule has 6 aromatic rings. The third-order valence-corrected chi connectivity index (χ3v) is 10.6. The van der Waals surface area contributed by atoms with Crippen LogP contribution in [0.3, 0.4) is 0 Å². The number of halogens is 2. The number of aryl methyl sites for hydroxylation is 1. The van der Waals surface area contributed by atoms with Crippen LogP contribution in [0.1, 0.15) is 71.9 Å². The maximum absolute atomic E-state index is 14.0. The smallest absolute Gasteiger partial charge is 0.407 e. The van der Waals surface area contributed by atoms with Crippen LogP contribution >= 0.6 is 0 Å². The van der Waals surface area contributed by atoms with Gasteiger partial charge in [-0.3, -0.25) is 28.8 Å². The molecule has 0 radical (unpaired) electrons. The summed E-state index contributed by atoms with van der Waals surface area (Å²) < 4.78 is 43.0. The highest BCUT2D eigenvalue weighted by Gasteiger charge is 2.31. The van der Waals surface area contributed by atoms with Crippen LogP contribution in [-0.4, -0.2) is 72.4 Å². The predicted molar refractivity (Wildman–Crippen MR) is 221 cm³/mol. The lowest BCUT2D eigenvalue weighted by molar-refractivity contribution is -0.135. The summed E-state index contributed by atoms with van der Waals surface area (Å²) in [6.07, 6.45) is 3.82. The first kappa shape index (κ1) is 41.5. The average molecular weight is 852 g/mol. The van der Waals surface area contributed by atoms with Gasteiger partial charge >= 0.3 is 11.8 Å². The van der Waals surface area contributed by atoms with Crippen molar-refractivity contribution in [2.75, 3.05) is 30.3 Å². The zero-order chi connectivity index (χ0) is 43.3. The number of imidazole rings is 1. The van der Waals surface area contributed by atoms with Gasteiger partial charge in [0.15, 0.2) is 11.4 Å². The van der Waals surface area contributed by atoms with E-state index in [1.165, 1.54) is 32.9 Å². The number of carbonyl (C=O) groups is 4. The number of nitrogens with zero attached hydrogens (tertiary/aromatic N) is 6. The molecule has 5 N–H and O–H groups in total. The van der Waals surface area contributed by atoms with E-state index in [4.69, 9.17) is 9.15 Å². The molecule has 62 heavy (non-hydrogen) atoms. The number of amides is 4. The van der Waals surface area contributed by atoms with Crippen molar-refractivity contribution in [3.8, 4) is 17.1 Å². The fourth-order valence-corrected chi connectivity index (χ4v) is 7.04. The van der Waals surface area contributed by atoms with Crippen molar-refractivity contribution < 1.29 is 37.1 Å². The fraction of sp³-hybridized carbons (Fsp3) is 0.333. The van der Waals surface area contributed by atoms with Gasteiger partial charge in [-0.25, -0.2) is 33.0 Å². The van der Waals surface area contributed by atoms with E-state index in [-0.39, 0.29) is 54.9 Å². The van der Waals surface area contributed by atoms with Gasteiger partial charge in [-0.15, -0.1) is 0 Å². The summed E-state index contributed by atoms with van der Waals surface area (Å²) in [4.78, 5) is 71.1. The Hall–Kier alpha value is -7.22. The highest BCUT2D eigenvalue weighted by atomic mass is 19.3. The molecule has 1 unspecified atom stereocenters. The molecule has 0 bridgehead atoms. The molecule has 1 aliphatic heterocycles. The van der Waals surface area contributed by atoms with Crippen LogP contribution in [0.5, 0.6) is 0 Å². The number of piperidine rings is 1. The molecule has 2 aliphatic rings. The lowest BCUT2D eigenvalue weighted by Gasteiger charge is -2.21. The van der Waals surface area contributed by atoms with E-state index in [1.54, 1.807) is 55.7 Å². The summed E-state index contributed by atoms with van der Waals surface area (Å²) in [5.74, 6) is -0.115. The van der Waals surface area contributed by atoms with Crippen molar-refractivity contribution >= 4 is 46.4 Å². The Kier molecular flexibility index (Phi) is 12.2. The monoisotopic (exact) mass is 851 g/mol. The number of fused-ring (bicyclic) bond motifs is 1. The van der Waals surface area contributed by atoms with Crippen molar-refractivity contribution in [3.05, 3.63) is 106 Å². The molecule has 2 fully saturated rings. The van der Waals surface area contributed by atoms with Crippen LogP contribution < -0.4 is 32.3 Å². The number of anilines is 2. The molecule has 18 nitrogen and oxygen atoms in total. The number of alkyl halides is 2. The third kappa shape index (κ3) is 9.54. The van der Waals surface area contributed by atoms with Gasteiger partial charge in [-0.05, 0) is 85.7 Å². The van der Waals surface area contributed by atoms with E-state index < -0.39 is 36.1 Å². The molecule has 4 aromatic heterocycles. The Morgan fingerprint density at radius 3 is 2.58 bits per heavy atom. The molecule has 322 valence electrons. The first-order chi connectivity index (χ1) is 30.0. The topological polar surface area (TPSA) is 221 Å². The highest BCUT2D eigenvalue weighted by Crippen LogP contribution is 2.30. The Morgan fingerprint density at radius 1 is 1.00 bits per heavy atom. The highest BCUT2D eigenvalue weighted by molar-refractivity contribution is 6.03. The van der Waals surface area contributed by atoms with Crippen molar-refractivity contribution in [2.24, 2.45) is 13.0 Å². The van der Waals surface area contributed by atoms with E-state index in [2.05, 4.69) is 41.7 Å². The number of aromatic nitrogens is 6. The number of pyridine rings is 1. The number of alkyl carbamates (subject to hydrolysis) is 1. The number of hydrogen-bond acceptors (Lipinski definition) is 12. The van der Waals surface area contributed by atoms with Crippen LogP contribution in [-0.2, 0) is 34.5 Å². The number of carbonyl (C=O) groups excluding carboxylic acids is 4. The Bertz CT molecular complexity index is 2680. The summed E-state index contributed by atoms with van der Waals surface area (Å²) >= 11 is 0. The van der Waals surface area contributed by atoms with Gasteiger partial charge in [-0.1, -0.05) is 18.2 Å². The molecule has 5 heterocycles. The van der Waals surface area contributed by atoms with Gasteiger partial charge in [0.05, 0.1) is 35.2 Å². The zero-order valence-electron chi connectivity index (χ0n) is 33.5. The number of imide groups is 1. The number of oxazole rings is 1. The van der Waals surface area contributed by atoms with Gasteiger partial charge in [0.2, 0.25) is 17.7 Å². The van der Waals surface area contributed by atoms with Crippen molar-refractivity contribution in [1.82, 2.24) is 44.8 Å². The molecule has 1 atom stereocenters. The van der Waals surface area contributed by atoms with E-state index in [1.807, 2.05) is 12.1 Å². The lowest BCUT2D eigenvalue weighted by Crippen LogP contribution is -2.44. The number of nitrogens with one attached hydrogen (secondary N) is 5. The van der Waals surface area contributed by atoms with Gasteiger partial charge in [0.1, 0.15) is 18.1 Å². The SMILES string of the molecule is Cn1c(=O)n(C2CCC(=O)NC2=O)c2ccc(CNC(=O)OCCCNCc3ccc(-n4cc(NC(=O)c5coc(-c6ccnc(NCC7CC7)c6)n5)c(C(F)F)n4)cc3)cc21. The predicted octanol–water partition coefficient (Wildman–Crippen LogP) is 4.97. The standard InChI is InChI=1S/C42H43F2N11O7/c1-53-33-17-26(7-10-31(33)55(42(53)60)32-11-12-35(56)51-39(32)58)21-48-41(59)61-16-2-14-45-19-24-5-8-28(9-6-24)54-22-29(36(52-54)37(43)44)49-38(57)30-23-62-40(50-30)27-13-15-46-34(18-27)47-20-25-3-4-25/h5-10,13,15,17-18,22-23,25,32,37,45H,2-4,11-12,14,16,19-21H2,1H3,(H,46,47)(H,48,59)(H,49,57)(H,51,56,58). The minimum Gasteiger partial charge on any atom is -0.450 e.